The van der Waals surface area contributed by atoms with Gasteiger partial charge in [-0.2, -0.15) is 0 Å². The molecule has 2 aliphatic rings. The fourth-order valence-electron chi connectivity index (χ4n) is 7.29. The molecule has 0 aliphatic carbocycles. The van der Waals surface area contributed by atoms with Crippen LogP contribution in [0.2, 0.25) is 0 Å². The van der Waals surface area contributed by atoms with Gasteiger partial charge in [0.05, 0.1) is 11.7 Å². The number of aliphatic hydroxyl groups excluding tert-OH is 1. The Bertz CT molecular complexity index is 1660. The Morgan fingerprint density at radius 2 is 1.41 bits per heavy atom. The van der Waals surface area contributed by atoms with Crippen molar-refractivity contribution in [2.45, 2.75) is 81.6 Å². The molecular weight excluding hydrogens is 707 g/mol. The van der Waals surface area contributed by atoms with Crippen LogP contribution in [0.3, 0.4) is 0 Å². The molecule has 270 valence electrons. The van der Waals surface area contributed by atoms with Crippen molar-refractivity contribution in [1.29, 1.82) is 0 Å². The smallest absolute Gasteiger partial charge is 0.164 e. The topological polar surface area (TPSA) is 81.1 Å². The minimum atomic E-state index is -0.763. The Morgan fingerprint density at radius 3 is 2.06 bits per heavy atom. The number of ketones is 2. The molecule has 51 heavy (non-hydrogen) atoms. The molecule has 0 unspecified atom stereocenters. The molecule has 2 aliphatic heterocycles. The molecule has 0 amide bonds. The molecule has 0 radical (unpaired) electrons. The third kappa shape index (κ3) is 11.2. The number of rotatable bonds is 12. The maximum Gasteiger partial charge on any atom is 0.164 e. The van der Waals surface area contributed by atoms with Crippen LogP contribution in [0.1, 0.15) is 95.7 Å². The van der Waals surface area contributed by atoms with Crippen molar-refractivity contribution >= 4 is 27.5 Å². The van der Waals surface area contributed by atoms with Gasteiger partial charge in [0, 0.05) is 53.6 Å². The number of aliphatic hydroxyl groups is 2. The van der Waals surface area contributed by atoms with Gasteiger partial charge in [0.15, 0.2) is 11.6 Å². The lowest BCUT2D eigenvalue weighted by Crippen LogP contribution is -2.45. The number of hydrogen-bond donors (Lipinski definition) is 2. The molecule has 2 heterocycles. The van der Waals surface area contributed by atoms with Crippen molar-refractivity contribution in [3.63, 3.8) is 0 Å². The van der Waals surface area contributed by atoms with Crippen molar-refractivity contribution in [2.75, 3.05) is 26.7 Å². The number of likely N-dealkylation sites (tertiary alicyclic amines) is 2. The molecule has 2 saturated heterocycles. The zero-order valence-corrected chi connectivity index (χ0v) is 31.1. The summed E-state index contributed by atoms with van der Waals surface area (Å²) in [5.41, 5.74) is 2.53. The first-order valence-electron chi connectivity index (χ1n) is 18.1. The van der Waals surface area contributed by atoms with Gasteiger partial charge in [-0.1, -0.05) is 95.1 Å². The Balaban J connectivity index is 0.000000198. The predicted molar refractivity (Wildman–Crippen MR) is 204 cm³/mol. The highest BCUT2D eigenvalue weighted by Crippen LogP contribution is 2.34. The van der Waals surface area contributed by atoms with E-state index in [1.54, 1.807) is 0 Å². The van der Waals surface area contributed by atoms with Crippen LogP contribution in [-0.4, -0.2) is 70.3 Å². The maximum atomic E-state index is 12.9. The maximum absolute atomic E-state index is 12.9. The summed E-state index contributed by atoms with van der Waals surface area (Å²) in [6.07, 6.45) is 6.69. The van der Waals surface area contributed by atoms with Gasteiger partial charge in [-0.15, -0.1) is 0 Å². The second kappa shape index (κ2) is 18.8. The molecular formula is C43H50BrFN2O4. The van der Waals surface area contributed by atoms with E-state index >= 15 is 0 Å². The Morgan fingerprint density at radius 1 is 0.824 bits per heavy atom. The number of nitrogens with zero attached hydrogens (tertiary/aromatic N) is 2. The van der Waals surface area contributed by atoms with Gasteiger partial charge in [0.25, 0.3) is 0 Å². The quantitative estimate of drug-likeness (QED) is 0.141. The summed E-state index contributed by atoms with van der Waals surface area (Å²) in [6.45, 7) is 2.47. The summed E-state index contributed by atoms with van der Waals surface area (Å²) in [5, 5.41) is 21.5. The molecule has 0 bridgehead atoms. The molecule has 8 heteroatoms. The van der Waals surface area contributed by atoms with Gasteiger partial charge in [0.1, 0.15) is 5.82 Å². The Labute approximate surface area is 310 Å². The van der Waals surface area contributed by atoms with Gasteiger partial charge >= 0.3 is 0 Å². The number of Topliss-reactive ketones (excluding diaryl/α,β-unsaturated/α-hetero) is 2. The van der Waals surface area contributed by atoms with Gasteiger partial charge in [-0.3, -0.25) is 14.5 Å². The van der Waals surface area contributed by atoms with Crippen LogP contribution in [0, 0.1) is 5.82 Å². The van der Waals surface area contributed by atoms with Crippen LogP contribution in [-0.2, 0) is 5.60 Å². The van der Waals surface area contributed by atoms with Gasteiger partial charge in [-0.05, 0) is 99.6 Å². The molecule has 0 spiro atoms. The van der Waals surface area contributed by atoms with Gasteiger partial charge < -0.3 is 15.1 Å². The van der Waals surface area contributed by atoms with E-state index in [0.717, 1.165) is 72.9 Å². The highest BCUT2D eigenvalue weighted by atomic mass is 79.9. The van der Waals surface area contributed by atoms with E-state index in [9.17, 15) is 24.2 Å². The van der Waals surface area contributed by atoms with Crippen LogP contribution in [0.15, 0.2) is 114 Å². The van der Waals surface area contributed by atoms with E-state index in [1.165, 1.54) is 24.3 Å². The summed E-state index contributed by atoms with van der Waals surface area (Å²) >= 11 is 3.42. The number of halogens is 2. The van der Waals surface area contributed by atoms with E-state index in [4.69, 9.17) is 0 Å². The molecule has 2 N–H and O–H groups in total. The monoisotopic (exact) mass is 756 g/mol. The lowest BCUT2D eigenvalue weighted by Gasteiger charge is -2.40. The number of carbonyl (C=O) groups is 2. The van der Waals surface area contributed by atoms with Gasteiger partial charge in [-0.25, -0.2) is 4.39 Å². The normalized spacial score (nSPS) is 19.8. The summed E-state index contributed by atoms with van der Waals surface area (Å²) in [7, 11) is 2.10. The average Bonchev–Trinajstić information content (AvgIpc) is 3.15. The Kier molecular flexibility index (Phi) is 14.3. The van der Waals surface area contributed by atoms with Crippen molar-refractivity contribution in [1.82, 2.24) is 9.80 Å². The standard InChI is InChI=1S/C22H27NO2.C21H23BrFNO2/c1-23-19(15-21(24)17-9-4-2-5-10-17)13-8-14-20(23)16-22(25)18-11-6-3-7-12-18;22-18-7-5-17(6-8-18)21(26)11-14-24(15-12-21)13-1-2-20(25)16-3-9-19(23)10-4-16/h2-7,9-12,19-21,24H,8,13-16H2,1H3;3-10,26H,1-2,11-15H2/t19-,20+,21-;/m0./s1. The Hall–Kier alpha value is -3.53. The molecule has 4 aromatic rings. The molecule has 3 atom stereocenters. The summed E-state index contributed by atoms with van der Waals surface area (Å²) in [5.74, 6) is -0.0665. The number of hydrogen-bond acceptors (Lipinski definition) is 6. The van der Waals surface area contributed by atoms with E-state index in [0.29, 0.717) is 37.3 Å². The van der Waals surface area contributed by atoms with E-state index in [-0.39, 0.29) is 23.4 Å². The molecule has 4 aromatic carbocycles. The second-order valence-electron chi connectivity index (χ2n) is 14.0. The summed E-state index contributed by atoms with van der Waals surface area (Å²) in [4.78, 5) is 29.3. The fourth-order valence-corrected chi connectivity index (χ4v) is 7.55. The average molecular weight is 758 g/mol. The molecule has 6 rings (SSSR count). The lowest BCUT2D eigenvalue weighted by atomic mass is 9.84. The molecule has 6 nitrogen and oxygen atoms in total. The number of benzene rings is 4. The first-order valence-corrected chi connectivity index (χ1v) is 18.9. The lowest BCUT2D eigenvalue weighted by molar-refractivity contribution is -0.0260. The van der Waals surface area contributed by atoms with Crippen molar-refractivity contribution in [2.24, 2.45) is 0 Å². The second-order valence-corrected chi connectivity index (χ2v) is 14.9. The molecule has 0 aromatic heterocycles. The fraction of sp³-hybridized carbons (Fsp3) is 0.395. The minimum absolute atomic E-state index is 0.0494. The summed E-state index contributed by atoms with van der Waals surface area (Å²) in [6, 6.07) is 33.5. The van der Waals surface area contributed by atoms with Crippen LogP contribution in [0.5, 0.6) is 0 Å². The van der Waals surface area contributed by atoms with Crippen LogP contribution < -0.4 is 0 Å². The van der Waals surface area contributed by atoms with E-state index < -0.39 is 11.7 Å². The van der Waals surface area contributed by atoms with Crippen LogP contribution in [0.25, 0.3) is 0 Å². The van der Waals surface area contributed by atoms with Crippen LogP contribution >= 0.6 is 15.9 Å². The zero-order chi connectivity index (χ0) is 36.2. The SMILES string of the molecule is CN1[C@@H](CC(=O)c2ccccc2)CCC[C@H]1C[C@H](O)c1ccccc1.O=C(CCCN1CCC(O)(c2ccc(Br)cc2)CC1)c1ccc(F)cc1. The van der Waals surface area contributed by atoms with Crippen LogP contribution in [0.4, 0.5) is 4.39 Å². The highest BCUT2D eigenvalue weighted by Gasteiger charge is 2.34. The molecule has 0 saturated carbocycles. The van der Waals surface area contributed by atoms with E-state index in [2.05, 4.69) is 32.8 Å². The zero-order valence-electron chi connectivity index (χ0n) is 29.5. The third-order valence-electron chi connectivity index (χ3n) is 10.5. The minimum Gasteiger partial charge on any atom is -0.388 e. The van der Waals surface area contributed by atoms with Crippen molar-refractivity contribution in [3.8, 4) is 0 Å². The number of carbonyl (C=O) groups excluding carboxylic acids is 2. The first-order chi connectivity index (χ1) is 24.6. The number of piperidine rings is 2. The van der Waals surface area contributed by atoms with Crippen molar-refractivity contribution < 1.29 is 24.2 Å². The summed E-state index contributed by atoms with van der Waals surface area (Å²) < 4.78 is 13.9. The van der Waals surface area contributed by atoms with Crippen molar-refractivity contribution in [3.05, 3.63) is 142 Å². The van der Waals surface area contributed by atoms with E-state index in [1.807, 2.05) is 84.9 Å². The first kappa shape index (κ1) is 38.7. The molecule has 2 fully saturated rings. The highest BCUT2D eigenvalue weighted by molar-refractivity contribution is 9.10. The van der Waals surface area contributed by atoms with Gasteiger partial charge in [0.2, 0.25) is 0 Å². The largest absolute Gasteiger partial charge is 0.388 e. The third-order valence-corrected chi connectivity index (χ3v) is 11.1. The predicted octanol–water partition coefficient (Wildman–Crippen LogP) is 8.77.